The summed E-state index contributed by atoms with van der Waals surface area (Å²) in [5.74, 6) is -1.41. The number of carbonyl (C=O) groups excluding carboxylic acids is 4. The zero-order chi connectivity index (χ0) is 42.4. The maximum Gasteiger partial charge on any atom is 0.328 e. The van der Waals surface area contributed by atoms with Crippen LogP contribution in [0, 0.1) is 17.0 Å². The quantitative estimate of drug-likeness (QED) is 0.170. The molecular formula is C46H49F2N9O4. The van der Waals surface area contributed by atoms with E-state index in [4.69, 9.17) is 0 Å². The van der Waals surface area contributed by atoms with Crippen molar-refractivity contribution in [3.8, 4) is 11.1 Å². The van der Waals surface area contributed by atoms with E-state index in [1.807, 2.05) is 24.4 Å². The van der Waals surface area contributed by atoms with Crippen molar-refractivity contribution in [1.29, 1.82) is 0 Å². The number of imide groups is 1. The fourth-order valence-corrected chi connectivity index (χ4v) is 9.35. The van der Waals surface area contributed by atoms with Gasteiger partial charge < -0.3 is 19.7 Å². The molecule has 3 aromatic carbocycles. The minimum atomic E-state index is -0.530. The number of amides is 5. The van der Waals surface area contributed by atoms with E-state index in [0.29, 0.717) is 60.4 Å². The second kappa shape index (κ2) is 16.3. The molecule has 0 unspecified atom stereocenters. The Morgan fingerprint density at radius 2 is 1.69 bits per heavy atom. The van der Waals surface area contributed by atoms with Crippen molar-refractivity contribution in [1.82, 2.24) is 34.8 Å². The van der Waals surface area contributed by atoms with Crippen LogP contribution in [0.25, 0.3) is 27.6 Å². The van der Waals surface area contributed by atoms with Crippen molar-refractivity contribution in [2.24, 2.45) is 5.41 Å². The summed E-state index contributed by atoms with van der Waals surface area (Å²) in [6, 6.07) is 18.0. The minimum absolute atomic E-state index is 0.0138. The molecule has 5 amide bonds. The van der Waals surface area contributed by atoms with Crippen LogP contribution in [-0.4, -0.2) is 113 Å². The number of carbonyl (C=O) groups is 4. The summed E-state index contributed by atoms with van der Waals surface area (Å²) in [5.41, 5.74) is 5.67. The Morgan fingerprint density at radius 1 is 0.918 bits per heavy atom. The van der Waals surface area contributed by atoms with Crippen molar-refractivity contribution >= 4 is 51.6 Å². The predicted octanol–water partition coefficient (Wildman–Crippen LogP) is 6.27. The van der Waals surface area contributed by atoms with Crippen LogP contribution in [0.3, 0.4) is 0 Å². The number of aromatic amines is 1. The zero-order valence-electron chi connectivity index (χ0n) is 34.4. The van der Waals surface area contributed by atoms with Gasteiger partial charge in [0, 0.05) is 126 Å². The van der Waals surface area contributed by atoms with Gasteiger partial charge in [-0.05, 0) is 83.8 Å². The van der Waals surface area contributed by atoms with Gasteiger partial charge in [-0.25, -0.2) is 13.6 Å². The first-order valence-corrected chi connectivity index (χ1v) is 20.9. The molecule has 4 aliphatic rings. The van der Waals surface area contributed by atoms with E-state index < -0.39 is 11.8 Å². The first-order chi connectivity index (χ1) is 29.4. The number of fused-ring (bicyclic) bond motifs is 1. The highest BCUT2D eigenvalue weighted by atomic mass is 19.1. The lowest BCUT2D eigenvalue weighted by Crippen LogP contribution is -2.59. The van der Waals surface area contributed by atoms with Crippen molar-refractivity contribution in [2.75, 3.05) is 69.7 Å². The molecular weight excluding hydrogens is 781 g/mol. The molecule has 0 saturated carbocycles. The lowest BCUT2D eigenvalue weighted by Gasteiger charge is -2.54. The van der Waals surface area contributed by atoms with Crippen LogP contribution < -0.4 is 15.1 Å². The molecule has 316 valence electrons. The third kappa shape index (κ3) is 8.01. The number of rotatable bonds is 10. The highest BCUT2D eigenvalue weighted by molar-refractivity contribution is 6.06. The normalized spacial score (nSPS) is 18.0. The number of H-pyrrole nitrogens is 1. The van der Waals surface area contributed by atoms with E-state index in [1.54, 1.807) is 48.1 Å². The lowest BCUT2D eigenvalue weighted by atomic mass is 9.71. The van der Waals surface area contributed by atoms with E-state index in [9.17, 15) is 19.2 Å². The number of likely N-dealkylation sites (tertiary alicyclic amines) is 1. The third-order valence-corrected chi connectivity index (χ3v) is 12.7. The lowest BCUT2D eigenvalue weighted by molar-refractivity contribution is -0.131. The van der Waals surface area contributed by atoms with E-state index in [-0.39, 0.29) is 54.0 Å². The topological polar surface area (TPSA) is 130 Å². The van der Waals surface area contributed by atoms with Crippen LogP contribution in [0.1, 0.15) is 53.7 Å². The van der Waals surface area contributed by atoms with Crippen LogP contribution in [0.4, 0.5) is 25.0 Å². The standard InChI is InChI=1S/C46H49F2N9O4/c1-52(2)44(60)39-25-37-35(24-36(42(48)43(37)50-39)31-5-3-17-55(27-31)41(59)13-19-56-18-4-16-49-56)30-6-9-33(10-7-30)54-21-14-46(15-22-54)28-53(29-46)26-32-8-11-34(23-38(32)47)57-20-12-40(58)51-45(57)61/h4-11,16,18,23-25,50H,3,12-15,17,19-22,26-29H2,1-2H3,(H,51,58,61). The average Bonchev–Trinajstić information content (AvgIpc) is 3.95. The Morgan fingerprint density at radius 3 is 2.39 bits per heavy atom. The van der Waals surface area contributed by atoms with Crippen LogP contribution in [0.5, 0.6) is 0 Å². The maximum atomic E-state index is 16.6. The number of aromatic nitrogens is 3. The highest BCUT2D eigenvalue weighted by Gasteiger charge is 2.45. The monoisotopic (exact) mass is 829 g/mol. The Labute approximate surface area is 352 Å². The second-order valence-electron chi connectivity index (χ2n) is 17.0. The molecule has 15 heteroatoms. The number of halogens is 2. The molecule has 0 bridgehead atoms. The van der Waals surface area contributed by atoms with Gasteiger partial charge >= 0.3 is 6.03 Å². The first kappa shape index (κ1) is 40.1. The van der Waals surface area contributed by atoms with E-state index in [0.717, 1.165) is 61.4 Å². The number of piperidine rings is 1. The summed E-state index contributed by atoms with van der Waals surface area (Å²) >= 11 is 0. The smallest absolute Gasteiger partial charge is 0.328 e. The van der Waals surface area contributed by atoms with Crippen LogP contribution >= 0.6 is 0 Å². The Bertz CT molecular complexity index is 2530. The van der Waals surface area contributed by atoms with Gasteiger partial charge in [0.1, 0.15) is 11.5 Å². The molecule has 3 saturated heterocycles. The van der Waals surface area contributed by atoms with Crippen LogP contribution in [0.2, 0.25) is 0 Å². The fraction of sp³-hybridized carbons (Fsp3) is 0.370. The molecule has 4 aliphatic heterocycles. The highest BCUT2D eigenvalue weighted by Crippen LogP contribution is 2.43. The van der Waals surface area contributed by atoms with Crippen LogP contribution in [-0.2, 0) is 22.7 Å². The van der Waals surface area contributed by atoms with Gasteiger partial charge in [-0.15, -0.1) is 0 Å². The molecule has 2 N–H and O–H groups in total. The number of nitrogens with zero attached hydrogens (tertiary/aromatic N) is 7. The maximum absolute atomic E-state index is 16.6. The molecule has 1 spiro atoms. The van der Waals surface area contributed by atoms with Crippen molar-refractivity contribution in [3.63, 3.8) is 0 Å². The van der Waals surface area contributed by atoms with Gasteiger partial charge in [0.2, 0.25) is 11.8 Å². The molecule has 13 nitrogen and oxygen atoms in total. The van der Waals surface area contributed by atoms with Gasteiger partial charge in [0.05, 0.1) is 5.52 Å². The molecule has 0 atom stereocenters. The Kier molecular flexibility index (Phi) is 10.7. The summed E-state index contributed by atoms with van der Waals surface area (Å²) in [4.78, 5) is 62.5. The molecule has 6 heterocycles. The number of hydrogen-bond acceptors (Lipinski definition) is 7. The summed E-state index contributed by atoms with van der Waals surface area (Å²) < 4.78 is 33.5. The molecule has 2 aromatic heterocycles. The van der Waals surface area contributed by atoms with Gasteiger partial charge in [-0.1, -0.05) is 24.3 Å². The Hall–Kier alpha value is -6.35. The zero-order valence-corrected chi connectivity index (χ0v) is 34.4. The number of hydrogen-bond donors (Lipinski definition) is 2. The number of nitrogens with one attached hydrogen (secondary N) is 2. The average molecular weight is 830 g/mol. The van der Waals surface area contributed by atoms with Crippen molar-refractivity contribution < 1.29 is 28.0 Å². The summed E-state index contributed by atoms with van der Waals surface area (Å²) in [7, 11) is 3.33. The number of benzene rings is 3. The number of aryl methyl sites for hydroxylation is 1. The molecule has 0 aliphatic carbocycles. The van der Waals surface area contributed by atoms with Gasteiger partial charge in [0.25, 0.3) is 5.91 Å². The third-order valence-electron chi connectivity index (χ3n) is 12.7. The fourth-order valence-electron chi connectivity index (χ4n) is 9.35. The second-order valence-corrected chi connectivity index (χ2v) is 17.0. The minimum Gasteiger partial charge on any atom is -0.371 e. The van der Waals surface area contributed by atoms with E-state index in [2.05, 4.69) is 49.5 Å². The molecule has 9 rings (SSSR count). The van der Waals surface area contributed by atoms with Gasteiger partial charge in [-0.2, -0.15) is 5.10 Å². The summed E-state index contributed by atoms with van der Waals surface area (Å²) in [6.45, 7) is 5.60. The molecule has 3 fully saturated rings. The summed E-state index contributed by atoms with van der Waals surface area (Å²) in [6.07, 6.45) is 8.63. The van der Waals surface area contributed by atoms with Crippen molar-refractivity contribution in [2.45, 2.75) is 45.2 Å². The van der Waals surface area contributed by atoms with Crippen molar-refractivity contribution in [3.05, 3.63) is 108 Å². The summed E-state index contributed by atoms with van der Waals surface area (Å²) in [5, 5.41) is 7.09. The molecule has 0 radical (unpaired) electrons. The van der Waals surface area contributed by atoms with Gasteiger partial charge in [-0.3, -0.25) is 34.2 Å². The molecule has 61 heavy (non-hydrogen) atoms. The number of anilines is 2. The Balaban J connectivity index is 0.871. The largest absolute Gasteiger partial charge is 0.371 e. The predicted molar refractivity (Wildman–Crippen MR) is 229 cm³/mol. The number of urea groups is 1. The van der Waals surface area contributed by atoms with Crippen LogP contribution in [0.15, 0.2) is 79.1 Å². The first-order valence-electron chi connectivity index (χ1n) is 20.9. The van der Waals surface area contributed by atoms with E-state index >= 15 is 8.78 Å². The SMILES string of the molecule is CN(C)C(=O)c1cc2c(-c3ccc(N4CCC5(CC4)CN(Cc4ccc(N6CCC(=O)NC6=O)cc4F)C5)cc3)cc(C3=CCCN(C(=O)CCn4cccn4)C3)c(F)c2[nH]1. The molecule has 5 aromatic rings. The van der Waals surface area contributed by atoms with Gasteiger partial charge in [0.15, 0.2) is 5.82 Å². The van der Waals surface area contributed by atoms with E-state index in [1.165, 1.54) is 15.9 Å².